The second kappa shape index (κ2) is 7.43. The molecule has 1 unspecified atom stereocenters. The molecule has 3 aliphatic rings. The van der Waals surface area contributed by atoms with Gasteiger partial charge in [-0.05, 0) is 19.3 Å². The molecule has 0 saturated carbocycles. The Bertz CT molecular complexity index is 445. The van der Waals surface area contributed by atoms with Crippen LogP contribution in [-0.2, 0) is 14.2 Å². The van der Waals surface area contributed by atoms with Gasteiger partial charge in [-0.25, -0.2) is 0 Å². The van der Waals surface area contributed by atoms with Crippen molar-refractivity contribution in [1.82, 2.24) is 0 Å². The van der Waals surface area contributed by atoms with Crippen LogP contribution in [0.2, 0.25) is 0 Å². The van der Waals surface area contributed by atoms with E-state index in [-0.39, 0.29) is 0 Å². The number of hydrogen-bond acceptors (Lipinski definition) is 6. The van der Waals surface area contributed by atoms with Gasteiger partial charge in [-0.1, -0.05) is 0 Å². The summed E-state index contributed by atoms with van der Waals surface area (Å²) in [6.45, 7) is 4.60. The molecule has 0 fully saturated rings. The van der Waals surface area contributed by atoms with Crippen LogP contribution in [0.4, 0.5) is 0 Å². The lowest BCUT2D eigenvalue weighted by atomic mass is 9.96. The van der Waals surface area contributed by atoms with Crippen molar-refractivity contribution in [3.63, 3.8) is 0 Å². The summed E-state index contributed by atoms with van der Waals surface area (Å²) >= 11 is 0. The minimum absolute atomic E-state index is 0.362. The van der Waals surface area contributed by atoms with Crippen LogP contribution in [0.3, 0.4) is 0 Å². The maximum Gasteiger partial charge on any atom is 0.186 e. The number of rotatable bonds is 8. The van der Waals surface area contributed by atoms with E-state index in [9.17, 15) is 0 Å². The zero-order valence-corrected chi connectivity index (χ0v) is 12.4. The lowest BCUT2D eigenvalue weighted by Crippen LogP contribution is -2.17. The molecule has 0 aromatic carbocycles. The van der Waals surface area contributed by atoms with Crippen molar-refractivity contribution in [2.75, 3.05) is 39.5 Å². The van der Waals surface area contributed by atoms with Gasteiger partial charge >= 0.3 is 0 Å². The zero-order valence-electron chi connectivity index (χ0n) is 12.4. The molecule has 1 atom stereocenters. The Morgan fingerprint density at radius 3 is 2.05 bits per heavy atom. The van der Waals surface area contributed by atoms with Crippen molar-refractivity contribution in [3.8, 4) is 0 Å². The minimum atomic E-state index is 0.362. The van der Waals surface area contributed by atoms with Crippen molar-refractivity contribution >= 4 is 17.7 Å². The molecular formula is C15H23N3O3. The van der Waals surface area contributed by atoms with Gasteiger partial charge in [0.1, 0.15) is 19.8 Å². The van der Waals surface area contributed by atoms with Crippen LogP contribution in [0.5, 0.6) is 0 Å². The van der Waals surface area contributed by atoms with Crippen molar-refractivity contribution in [3.05, 3.63) is 0 Å². The average molecular weight is 293 g/mol. The van der Waals surface area contributed by atoms with E-state index >= 15 is 0 Å². The molecule has 116 valence electrons. The molecule has 3 heterocycles. The number of aliphatic imine (C=N–C) groups is 3. The monoisotopic (exact) mass is 293 g/mol. The summed E-state index contributed by atoms with van der Waals surface area (Å²) in [5.74, 6) is 3.08. The third kappa shape index (κ3) is 4.19. The maximum atomic E-state index is 5.66. The average Bonchev–Trinajstić information content (AvgIpc) is 3.25. The molecule has 0 radical (unpaired) electrons. The van der Waals surface area contributed by atoms with Crippen molar-refractivity contribution < 1.29 is 14.2 Å². The first kappa shape index (κ1) is 14.4. The summed E-state index contributed by atoms with van der Waals surface area (Å²) in [4.78, 5) is 13.2. The first-order valence-corrected chi connectivity index (χ1v) is 7.91. The van der Waals surface area contributed by atoms with Crippen LogP contribution < -0.4 is 0 Å². The molecule has 0 spiro atoms. The molecule has 3 rings (SSSR count). The molecular weight excluding hydrogens is 270 g/mol. The summed E-state index contributed by atoms with van der Waals surface area (Å²) in [7, 11) is 0. The Labute approximate surface area is 125 Å². The highest BCUT2D eigenvalue weighted by Gasteiger charge is 2.22. The maximum absolute atomic E-state index is 5.66. The van der Waals surface area contributed by atoms with E-state index in [1.165, 1.54) is 0 Å². The van der Waals surface area contributed by atoms with Crippen LogP contribution >= 0.6 is 0 Å². The highest BCUT2D eigenvalue weighted by Crippen LogP contribution is 2.21. The Hall–Kier alpha value is -1.59. The van der Waals surface area contributed by atoms with Gasteiger partial charge < -0.3 is 14.2 Å². The van der Waals surface area contributed by atoms with Gasteiger partial charge in [-0.2, -0.15) is 0 Å². The third-order valence-corrected chi connectivity index (χ3v) is 3.90. The second-order valence-electron chi connectivity index (χ2n) is 5.44. The van der Waals surface area contributed by atoms with E-state index in [1.54, 1.807) is 0 Å². The lowest BCUT2D eigenvalue weighted by molar-refractivity contribution is 0.305. The fourth-order valence-electron chi connectivity index (χ4n) is 2.85. The van der Waals surface area contributed by atoms with Gasteiger partial charge in [0.2, 0.25) is 0 Å². The Kier molecular flexibility index (Phi) is 5.08. The van der Waals surface area contributed by atoms with Gasteiger partial charge in [0.25, 0.3) is 0 Å². The zero-order chi connectivity index (χ0) is 14.3. The number of ether oxygens (including phenoxy) is 3. The molecule has 0 amide bonds. The Balaban J connectivity index is 1.46. The molecule has 6 heteroatoms. The standard InChI is InChI=1S/C15H23N3O3/c1(3-13-16-6-9-19-13)2-12(15-18-8-11-21-15)4-5-14-17-7-10-20-14/h12H,1-11H2. The van der Waals surface area contributed by atoms with Crippen LogP contribution in [0.15, 0.2) is 15.0 Å². The SMILES string of the molecule is C(CC1=NCCO1)CC(CCC1=NCCO1)C1=NCCO1. The van der Waals surface area contributed by atoms with Crippen LogP contribution in [0.1, 0.15) is 32.1 Å². The molecule has 3 aliphatic heterocycles. The van der Waals surface area contributed by atoms with Crippen LogP contribution in [0.25, 0.3) is 0 Å². The van der Waals surface area contributed by atoms with Gasteiger partial charge in [0, 0.05) is 18.8 Å². The third-order valence-electron chi connectivity index (χ3n) is 3.90. The van der Waals surface area contributed by atoms with E-state index in [4.69, 9.17) is 14.2 Å². The quantitative estimate of drug-likeness (QED) is 0.686. The Morgan fingerprint density at radius 1 is 0.762 bits per heavy atom. The summed E-state index contributed by atoms with van der Waals surface area (Å²) < 4.78 is 16.6. The van der Waals surface area contributed by atoms with E-state index in [0.29, 0.717) is 5.92 Å². The van der Waals surface area contributed by atoms with E-state index in [1.807, 2.05) is 0 Å². The van der Waals surface area contributed by atoms with Crippen molar-refractivity contribution in [2.45, 2.75) is 32.1 Å². The molecule has 0 N–H and O–H groups in total. The second-order valence-corrected chi connectivity index (χ2v) is 5.44. The predicted molar refractivity (Wildman–Crippen MR) is 81.3 cm³/mol. The van der Waals surface area contributed by atoms with Crippen LogP contribution in [0, 0.1) is 5.92 Å². The number of nitrogens with zero attached hydrogens (tertiary/aromatic N) is 3. The molecule has 0 aliphatic carbocycles. The summed E-state index contributed by atoms with van der Waals surface area (Å²) in [6, 6.07) is 0. The van der Waals surface area contributed by atoms with Gasteiger partial charge in [0.05, 0.1) is 19.6 Å². The fraction of sp³-hybridized carbons (Fsp3) is 0.800. The topological polar surface area (TPSA) is 64.8 Å². The molecule has 0 bridgehead atoms. The summed E-state index contributed by atoms with van der Waals surface area (Å²) in [5, 5.41) is 0. The fourth-order valence-corrected chi connectivity index (χ4v) is 2.85. The van der Waals surface area contributed by atoms with Crippen molar-refractivity contribution in [2.24, 2.45) is 20.9 Å². The molecule has 0 aromatic rings. The summed E-state index contributed by atoms with van der Waals surface area (Å²) in [6.07, 6.45) is 4.89. The van der Waals surface area contributed by atoms with Gasteiger partial charge in [-0.3, -0.25) is 15.0 Å². The largest absolute Gasteiger partial charge is 0.479 e. The first-order chi connectivity index (χ1) is 10.4. The van der Waals surface area contributed by atoms with Crippen LogP contribution in [-0.4, -0.2) is 57.1 Å². The first-order valence-electron chi connectivity index (χ1n) is 7.91. The van der Waals surface area contributed by atoms with Gasteiger partial charge in [-0.15, -0.1) is 0 Å². The predicted octanol–water partition coefficient (Wildman–Crippen LogP) is 1.84. The van der Waals surface area contributed by atoms with E-state index < -0.39 is 0 Å². The smallest absolute Gasteiger partial charge is 0.186 e. The molecule has 0 saturated heterocycles. The minimum Gasteiger partial charge on any atom is -0.479 e. The lowest BCUT2D eigenvalue weighted by Gasteiger charge is -2.16. The molecule has 21 heavy (non-hydrogen) atoms. The van der Waals surface area contributed by atoms with Crippen molar-refractivity contribution in [1.29, 1.82) is 0 Å². The summed E-state index contributed by atoms with van der Waals surface area (Å²) in [5.41, 5.74) is 0. The Morgan fingerprint density at radius 2 is 1.43 bits per heavy atom. The van der Waals surface area contributed by atoms with E-state index in [2.05, 4.69) is 15.0 Å². The molecule has 0 aromatic heterocycles. The molecule has 6 nitrogen and oxygen atoms in total. The van der Waals surface area contributed by atoms with Gasteiger partial charge in [0.15, 0.2) is 17.7 Å². The highest BCUT2D eigenvalue weighted by molar-refractivity contribution is 5.82. The highest BCUT2D eigenvalue weighted by atomic mass is 16.5. The van der Waals surface area contributed by atoms with E-state index in [0.717, 1.165) is 89.3 Å². The normalized spacial score (nSPS) is 22.0. The number of hydrogen-bond donors (Lipinski definition) is 0.